The van der Waals surface area contributed by atoms with E-state index in [-0.39, 0.29) is 6.10 Å². The van der Waals surface area contributed by atoms with Gasteiger partial charge in [-0.3, -0.25) is 0 Å². The third-order valence-corrected chi connectivity index (χ3v) is 3.36. The predicted octanol–water partition coefficient (Wildman–Crippen LogP) is 2.66. The van der Waals surface area contributed by atoms with Crippen LogP contribution in [0.5, 0.6) is 17.2 Å². The summed E-state index contributed by atoms with van der Waals surface area (Å²) >= 11 is 0. The van der Waals surface area contributed by atoms with Crippen LogP contribution in [0.3, 0.4) is 0 Å². The van der Waals surface area contributed by atoms with Crippen molar-refractivity contribution in [1.29, 1.82) is 0 Å². The second kappa shape index (κ2) is 5.33. The topological polar surface area (TPSA) is 53.7 Å². The molecule has 0 fully saturated rings. The number of hydrogen-bond donors (Lipinski definition) is 1. The van der Waals surface area contributed by atoms with Gasteiger partial charge < -0.3 is 19.9 Å². The van der Waals surface area contributed by atoms with E-state index in [9.17, 15) is 0 Å². The van der Waals surface area contributed by atoms with Gasteiger partial charge in [0, 0.05) is 12.5 Å². The molecule has 0 amide bonds. The van der Waals surface area contributed by atoms with Crippen LogP contribution in [0, 0.1) is 0 Å². The predicted molar refractivity (Wildman–Crippen MR) is 77.5 cm³/mol. The van der Waals surface area contributed by atoms with Gasteiger partial charge in [-0.2, -0.15) is 0 Å². The van der Waals surface area contributed by atoms with Gasteiger partial charge in [0.1, 0.15) is 30.0 Å². The van der Waals surface area contributed by atoms with E-state index in [1.165, 1.54) is 5.56 Å². The van der Waals surface area contributed by atoms with E-state index < -0.39 is 0 Å². The Hall–Kier alpha value is -2.36. The van der Waals surface area contributed by atoms with Crippen molar-refractivity contribution in [3.63, 3.8) is 0 Å². The summed E-state index contributed by atoms with van der Waals surface area (Å²) in [7, 11) is 1.62. The second-order valence-electron chi connectivity index (χ2n) is 4.77. The summed E-state index contributed by atoms with van der Waals surface area (Å²) in [6, 6.07) is 13.4. The maximum absolute atomic E-state index is 5.89. The molecule has 0 radical (unpaired) electrons. The van der Waals surface area contributed by atoms with Crippen LogP contribution in [0.25, 0.3) is 0 Å². The first-order valence-corrected chi connectivity index (χ1v) is 6.57. The number of fused-ring (bicyclic) bond motifs is 1. The molecule has 0 saturated carbocycles. The maximum Gasteiger partial charge on any atom is 0.146 e. The molecule has 0 spiro atoms. The molecule has 3 rings (SSSR count). The molecule has 4 nitrogen and oxygen atoms in total. The second-order valence-corrected chi connectivity index (χ2v) is 4.77. The standard InChI is InChI=1S/C16H17NO3/c1-18-12-6-7-14(17)16(9-12)19-10-13-8-11-4-2-3-5-15(11)20-13/h2-7,9,13H,8,10,17H2,1H3. The number of hydrogen-bond acceptors (Lipinski definition) is 4. The quantitative estimate of drug-likeness (QED) is 0.869. The van der Waals surface area contributed by atoms with Crippen LogP contribution in [-0.2, 0) is 6.42 Å². The molecule has 0 saturated heterocycles. The van der Waals surface area contributed by atoms with E-state index >= 15 is 0 Å². The summed E-state index contributed by atoms with van der Waals surface area (Å²) in [5.74, 6) is 2.30. The molecule has 1 heterocycles. The van der Waals surface area contributed by atoms with Crippen molar-refractivity contribution < 1.29 is 14.2 Å². The number of ether oxygens (including phenoxy) is 3. The third-order valence-electron chi connectivity index (χ3n) is 3.36. The molecule has 2 N–H and O–H groups in total. The molecular weight excluding hydrogens is 254 g/mol. The number of anilines is 1. The molecule has 4 heteroatoms. The van der Waals surface area contributed by atoms with Crippen molar-refractivity contribution in [3.8, 4) is 17.2 Å². The van der Waals surface area contributed by atoms with E-state index in [1.54, 1.807) is 19.2 Å². The van der Waals surface area contributed by atoms with E-state index in [4.69, 9.17) is 19.9 Å². The van der Waals surface area contributed by atoms with Crippen molar-refractivity contribution in [2.45, 2.75) is 12.5 Å². The number of rotatable bonds is 4. The van der Waals surface area contributed by atoms with E-state index in [2.05, 4.69) is 6.07 Å². The lowest BCUT2D eigenvalue weighted by atomic mass is 10.1. The van der Waals surface area contributed by atoms with Gasteiger partial charge in [-0.15, -0.1) is 0 Å². The number of para-hydroxylation sites is 1. The van der Waals surface area contributed by atoms with Crippen LogP contribution in [-0.4, -0.2) is 19.8 Å². The summed E-state index contributed by atoms with van der Waals surface area (Å²) < 4.78 is 16.8. The molecule has 1 atom stereocenters. The Balaban J connectivity index is 1.64. The van der Waals surface area contributed by atoms with Crippen LogP contribution in [0.1, 0.15) is 5.56 Å². The van der Waals surface area contributed by atoms with Crippen LogP contribution in [0.15, 0.2) is 42.5 Å². The van der Waals surface area contributed by atoms with E-state index in [1.807, 2.05) is 24.3 Å². The molecule has 1 unspecified atom stereocenters. The fourth-order valence-corrected chi connectivity index (χ4v) is 2.30. The van der Waals surface area contributed by atoms with Gasteiger partial charge in [0.05, 0.1) is 12.8 Å². The Morgan fingerprint density at radius 2 is 2.10 bits per heavy atom. The van der Waals surface area contributed by atoms with Gasteiger partial charge in [-0.1, -0.05) is 18.2 Å². The van der Waals surface area contributed by atoms with Gasteiger partial charge in [0.15, 0.2) is 0 Å². The monoisotopic (exact) mass is 271 g/mol. The zero-order valence-electron chi connectivity index (χ0n) is 11.3. The summed E-state index contributed by atoms with van der Waals surface area (Å²) in [6.45, 7) is 0.464. The van der Waals surface area contributed by atoms with Crippen LogP contribution in [0.4, 0.5) is 5.69 Å². The molecule has 0 aromatic heterocycles. The van der Waals surface area contributed by atoms with Crippen molar-refractivity contribution in [1.82, 2.24) is 0 Å². The number of benzene rings is 2. The molecule has 1 aliphatic rings. The van der Waals surface area contributed by atoms with Crippen molar-refractivity contribution in [2.24, 2.45) is 0 Å². The summed E-state index contributed by atoms with van der Waals surface area (Å²) in [5.41, 5.74) is 7.71. The highest BCUT2D eigenvalue weighted by Gasteiger charge is 2.23. The van der Waals surface area contributed by atoms with Crippen molar-refractivity contribution in [3.05, 3.63) is 48.0 Å². The van der Waals surface area contributed by atoms with Gasteiger partial charge >= 0.3 is 0 Å². The summed E-state index contributed by atoms with van der Waals surface area (Å²) in [6.07, 6.45) is 0.887. The highest BCUT2D eigenvalue weighted by molar-refractivity contribution is 5.55. The van der Waals surface area contributed by atoms with E-state index in [0.717, 1.165) is 17.9 Å². The molecule has 2 aromatic carbocycles. The van der Waals surface area contributed by atoms with Gasteiger partial charge in [0.25, 0.3) is 0 Å². The lowest BCUT2D eigenvalue weighted by molar-refractivity contribution is 0.149. The maximum atomic E-state index is 5.89. The lowest BCUT2D eigenvalue weighted by Gasteiger charge is -2.14. The normalized spacial score (nSPS) is 16.4. The van der Waals surface area contributed by atoms with Crippen LogP contribution in [0.2, 0.25) is 0 Å². The van der Waals surface area contributed by atoms with Gasteiger partial charge in [-0.05, 0) is 23.8 Å². The summed E-state index contributed by atoms with van der Waals surface area (Å²) in [4.78, 5) is 0. The fourth-order valence-electron chi connectivity index (χ4n) is 2.30. The largest absolute Gasteiger partial charge is 0.497 e. The zero-order valence-corrected chi connectivity index (χ0v) is 11.3. The first kappa shape index (κ1) is 12.7. The van der Waals surface area contributed by atoms with E-state index in [0.29, 0.717) is 18.0 Å². The molecule has 104 valence electrons. The summed E-state index contributed by atoms with van der Waals surface area (Å²) in [5, 5.41) is 0. The molecule has 0 aliphatic carbocycles. The third kappa shape index (κ3) is 2.50. The highest BCUT2D eigenvalue weighted by atomic mass is 16.5. The van der Waals surface area contributed by atoms with Crippen LogP contribution < -0.4 is 19.9 Å². The fraction of sp³-hybridized carbons (Fsp3) is 0.250. The number of methoxy groups -OCH3 is 1. The molecule has 1 aliphatic heterocycles. The molecule has 2 aromatic rings. The first-order chi connectivity index (χ1) is 9.76. The minimum Gasteiger partial charge on any atom is -0.497 e. The Labute approximate surface area is 118 Å². The van der Waals surface area contributed by atoms with Crippen molar-refractivity contribution in [2.75, 3.05) is 19.5 Å². The Morgan fingerprint density at radius 1 is 1.25 bits per heavy atom. The first-order valence-electron chi connectivity index (χ1n) is 6.57. The molecular formula is C16H17NO3. The SMILES string of the molecule is COc1ccc(N)c(OCC2Cc3ccccc3O2)c1. The minimum absolute atomic E-state index is 0.0259. The minimum atomic E-state index is 0.0259. The average Bonchev–Trinajstić information content (AvgIpc) is 2.89. The smallest absolute Gasteiger partial charge is 0.146 e. The molecule has 20 heavy (non-hydrogen) atoms. The molecule has 0 bridgehead atoms. The number of nitrogens with two attached hydrogens (primary N) is 1. The Kier molecular flexibility index (Phi) is 3.37. The van der Waals surface area contributed by atoms with Crippen LogP contribution >= 0.6 is 0 Å². The van der Waals surface area contributed by atoms with Gasteiger partial charge in [0.2, 0.25) is 0 Å². The van der Waals surface area contributed by atoms with Crippen molar-refractivity contribution >= 4 is 5.69 Å². The Morgan fingerprint density at radius 3 is 2.90 bits per heavy atom. The average molecular weight is 271 g/mol. The lowest BCUT2D eigenvalue weighted by Crippen LogP contribution is -2.22. The highest BCUT2D eigenvalue weighted by Crippen LogP contribution is 2.30. The van der Waals surface area contributed by atoms with Gasteiger partial charge in [-0.25, -0.2) is 0 Å². The zero-order chi connectivity index (χ0) is 13.9. The Bertz CT molecular complexity index is 587. The number of nitrogen functional groups attached to an aromatic ring is 1.